The maximum Gasteiger partial charge on any atom is 0.407 e. The predicted molar refractivity (Wildman–Crippen MR) is 124 cm³/mol. The average Bonchev–Trinajstić information content (AvgIpc) is 3.12. The number of carboxylic acid groups (broad SMARTS) is 1. The molecule has 0 saturated heterocycles. The summed E-state index contributed by atoms with van der Waals surface area (Å²) in [7, 11) is 0. The van der Waals surface area contributed by atoms with E-state index in [-0.39, 0.29) is 24.9 Å². The third kappa shape index (κ3) is 4.87. The Bertz CT molecular complexity index is 999. The Morgan fingerprint density at radius 3 is 2.15 bits per heavy atom. The molecule has 0 aromatic heterocycles. The fraction of sp³-hybridized carbons (Fsp3) is 0.423. The van der Waals surface area contributed by atoms with E-state index in [4.69, 9.17) is 4.74 Å². The fourth-order valence-corrected chi connectivity index (χ4v) is 5.04. The number of alkyl carbamates (subject to hydrolysis) is 1. The summed E-state index contributed by atoms with van der Waals surface area (Å²) >= 11 is 0. The van der Waals surface area contributed by atoms with Crippen LogP contribution in [-0.2, 0) is 14.3 Å². The molecule has 33 heavy (non-hydrogen) atoms. The molecule has 1 fully saturated rings. The third-order valence-electron chi connectivity index (χ3n) is 6.69. The van der Waals surface area contributed by atoms with Gasteiger partial charge in [0.05, 0.1) is 0 Å². The zero-order chi connectivity index (χ0) is 23.4. The predicted octanol–water partition coefficient (Wildman–Crippen LogP) is 4.21. The molecule has 3 N–H and O–H groups in total. The second kappa shape index (κ2) is 9.65. The summed E-state index contributed by atoms with van der Waals surface area (Å²) in [4.78, 5) is 36.7. The van der Waals surface area contributed by atoms with Gasteiger partial charge < -0.3 is 20.5 Å². The van der Waals surface area contributed by atoms with Crippen LogP contribution in [-0.4, -0.2) is 41.3 Å². The van der Waals surface area contributed by atoms with Crippen LogP contribution in [0.2, 0.25) is 0 Å². The van der Waals surface area contributed by atoms with E-state index in [2.05, 4.69) is 34.9 Å². The molecule has 0 spiro atoms. The van der Waals surface area contributed by atoms with E-state index in [0.29, 0.717) is 12.8 Å². The molecule has 7 heteroatoms. The van der Waals surface area contributed by atoms with Crippen LogP contribution in [0, 0.1) is 0 Å². The first kappa shape index (κ1) is 22.8. The van der Waals surface area contributed by atoms with Crippen molar-refractivity contribution in [1.82, 2.24) is 10.6 Å². The van der Waals surface area contributed by atoms with Crippen molar-refractivity contribution in [2.75, 3.05) is 6.61 Å². The lowest BCUT2D eigenvalue weighted by Gasteiger charge is -2.34. The maximum absolute atomic E-state index is 12.5. The molecule has 4 rings (SSSR count). The van der Waals surface area contributed by atoms with Gasteiger partial charge in [0, 0.05) is 18.4 Å². The molecule has 0 radical (unpaired) electrons. The van der Waals surface area contributed by atoms with E-state index in [1.54, 1.807) is 6.92 Å². The Morgan fingerprint density at radius 1 is 1.00 bits per heavy atom. The third-order valence-corrected chi connectivity index (χ3v) is 6.69. The van der Waals surface area contributed by atoms with E-state index < -0.39 is 23.6 Å². The first-order valence-electron chi connectivity index (χ1n) is 11.6. The molecule has 2 aromatic carbocycles. The molecule has 7 nitrogen and oxygen atoms in total. The van der Waals surface area contributed by atoms with Gasteiger partial charge >= 0.3 is 12.1 Å². The number of fused-ring (bicyclic) bond motifs is 3. The van der Waals surface area contributed by atoms with Crippen LogP contribution >= 0.6 is 0 Å². The molecule has 2 aromatic rings. The Labute approximate surface area is 193 Å². The number of carboxylic acids is 1. The van der Waals surface area contributed by atoms with Crippen molar-refractivity contribution >= 4 is 18.0 Å². The van der Waals surface area contributed by atoms with E-state index in [1.807, 2.05) is 24.3 Å². The minimum atomic E-state index is -1.20. The molecule has 2 amide bonds. The SMILES string of the molecule is CC(CC(=O)NC1(C(=O)O)CCCCC1)NC(=O)OCC1c2ccccc2-c2ccccc21. The van der Waals surface area contributed by atoms with Crippen LogP contribution in [0.3, 0.4) is 0 Å². The first-order chi connectivity index (χ1) is 15.9. The van der Waals surface area contributed by atoms with Crippen LogP contribution in [0.5, 0.6) is 0 Å². The highest BCUT2D eigenvalue weighted by atomic mass is 16.5. The number of hydrogen-bond acceptors (Lipinski definition) is 4. The quantitative estimate of drug-likeness (QED) is 0.586. The molecule has 1 saturated carbocycles. The Morgan fingerprint density at radius 2 is 1.58 bits per heavy atom. The van der Waals surface area contributed by atoms with Crippen molar-refractivity contribution < 1.29 is 24.2 Å². The lowest BCUT2D eigenvalue weighted by Crippen LogP contribution is -2.56. The second-order valence-corrected chi connectivity index (χ2v) is 9.07. The summed E-state index contributed by atoms with van der Waals surface area (Å²) in [5.41, 5.74) is 3.37. The largest absolute Gasteiger partial charge is 0.480 e. The lowest BCUT2D eigenvalue weighted by molar-refractivity contribution is -0.149. The molecular formula is C26H30N2O5. The van der Waals surface area contributed by atoms with Gasteiger partial charge in [-0.3, -0.25) is 4.79 Å². The zero-order valence-electron chi connectivity index (χ0n) is 18.8. The molecule has 1 atom stereocenters. The highest BCUT2D eigenvalue weighted by Crippen LogP contribution is 2.44. The first-order valence-corrected chi connectivity index (χ1v) is 11.6. The summed E-state index contributed by atoms with van der Waals surface area (Å²) in [6.45, 7) is 1.90. The number of carbonyl (C=O) groups excluding carboxylic acids is 2. The van der Waals surface area contributed by atoms with E-state index >= 15 is 0 Å². The van der Waals surface area contributed by atoms with E-state index in [9.17, 15) is 19.5 Å². The standard InChI is InChI=1S/C26H30N2O5/c1-17(15-23(29)28-26(24(30)31)13-7-2-8-14-26)27-25(32)33-16-22-20-11-5-3-9-18(20)19-10-4-6-12-21(19)22/h3-6,9-12,17,22H,2,7-8,13-16H2,1H3,(H,27,32)(H,28,29)(H,30,31). The molecule has 0 bridgehead atoms. The lowest BCUT2D eigenvalue weighted by atomic mass is 9.81. The van der Waals surface area contributed by atoms with E-state index in [0.717, 1.165) is 41.5 Å². The summed E-state index contributed by atoms with van der Waals surface area (Å²) in [5.74, 6) is -1.41. The number of nitrogens with one attached hydrogen (secondary N) is 2. The fourth-order valence-electron chi connectivity index (χ4n) is 5.04. The van der Waals surface area contributed by atoms with E-state index in [1.165, 1.54) is 0 Å². The van der Waals surface area contributed by atoms with Gasteiger partial charge in [-0.05, 0) is 42.0 Å². The van der Waals surface area contributed by atoms with Gasteiger partial charge in [-0.15, -0.1) is 0 Å². The van der Waals surface area contributed by atoms with Gasteiger partial charge in [-0.1, -0.05) is 67.8 Å². The average molecular weight is 451 g/mol. The summed E-state index contributed by atoms with van der Waals surface area (Å²) in [6, 6.07) is 15.7. The highest BCUT2D eigenvalue weighted by molar-refractivity contribution is 5.87. The zero-order valence-corrected chi connectivity index (χ0v) is 18.8. The number of ether oxygens (including phenoxy) is 1. The van der Waals surface area contributed by atoms with Crippen molar-refractivity contribution in [3.8, 4) is 11.1 Å². The topological polar surface area (TPSA) is 105 Å². The number of amides is 2. The van der Waals surface area contributed by atoms with Gasteiger partial charge in [0.2, 0.25) is 5.91 Å². The monoisotopic (exact) mass is 450 g/mol. The van der Waals surface area contributed by atoms with Crippen molar-refractivity contribution in [1.29, 1.82) is 0 Å². The smallest absolute Gasteiger partial charge is 0.407 e. The molecule has 2 aliphatic rings. The molecule has 0 aliphatic heterocycles. The van der Waals surface area contributed by atoms with Crippen LogP contribution in [0.4, 0.5) is 4.79 Å². The van der Waals surface area contributed by atoms with Gasteiger partial charge in [-0.25, -0.2) is 9.59 Å². The van der Waals surface area contributed by atoms with Crippen molar-refractivity contribution in [2.45, 2.75) is 62.9 Å². The minimum absolute atomic E-state index is 0.0147. The van der Waals surface area contributed by atoms with Crippen LogP contribution in [0.1, 0.15) is 62.5 Å². The molecule has 2 aliphatic carbocycles. The normalized spacial score (nSPS) is 17.4. The van der Waals surface area contributed by atoms with Gasteiger partial charge in [0.25, 0.3) is 0 Å². The number of rotatable bonds is 7. The Hall–Kier alpha value is -3.35. The molecule has 0 heterocycles. The van der Waals surface area contributed by atoms with Crippen molar-refractivity contribution in [3.63, 3.8) is 0 Å². The number of aliphatic carboxylic acids is 1. The maximum atomic E-state index is 12.5. The molecule has 174 valence electrons. The summed E-state index contributed by atoms with van der Waals surface area (Å²) in [6.07, 6.45) is 2.79. The Balaban J connectivity index is 1.30. The Kier molecular flexibility index (Phi) is 6.67. The van der Waals surface area contributed by atoms with Gasteiger partial charge in [-0.2, -0.15) is 0 Å². The number of hydrogen-bond donors (Lipinski definition) is 3. The molecule has 1 unspecified atom stereocenters. The van der Waals surface area contributed by atoms with Gasteiger partial charge in [0.1, 0.15) is 12.1 Å². The summed E-state index contributed by atoms with van der Waals surface area (Å²) < 4.78 is 5.52. The van der Waals surface area contributed by atoms with Crippen LogP contribution in [0.25, 0.3) is 11.1 Å². The highest BCUT2D eigenvalue weighted by Gasteiger charge is 2.41. The van der Waals surface area contributed by atoms with Crippen molar-refractivity contribution in [3.05, 3.63) is 59.7 Å². The summed E-state index contributed by atoms with van der Waals surface area (Å²) in [5, 5.41) is 15.0. The van der Waals surface area contributed by atoms with Crippen LogP contribution < -0.4 is 10.6 Å². The number of benzene rings is 2. The van der Waals surface area contributed by atoms with Crippen molar-refractivity contribution in [2.24, 2.45) is 0 Å². The van der Waals surface area contributed by atoms with Crippen LogP contribution in [0.15, 0.2) is 48.5 Å². The molecular weight excluding hydrogens is 420 g/mol. The second-order valence-electron chi connectivity index (χ2n) is 9.07. The van der Waals surface area contributed by atoms with Gasteiger partial charge in [0.15, 0.2) is 0 Å². The minimum Gasteiger partial charge on any atom is -0.480 e. The number of carbonyl (C=O) groups is 3.